The molecule has 126 valence electrons. The second-order valence-electron chi connectivity index (χ2n) is 4.96. The molecule has 0 fully saturated rings. The third-order valence-electron chi connectivity index (χ3n) is 3.33. The van der Waals surface area contributed by atoms with E-state index in [0.29, 0.717) is 11.3 Å². The molecule has 0 radical (unpaired) electrons. The van der Waals surface area contributed by atoms with Gasteiger partial charge in [0, 0.05) is 24.4 Å². The number of carbonyl (C=O) groups is 1. The number of nitro benzene ring substituents is 1. The first kappa shape index (κ1) is 16.6. The van der Waals surface area contributed by atoms with Crippen molar-refractivity contribution >= 4 is 40.6 Å². The number of nitrogens with one attached hydrogen (secondary N) is 1. The molecule has 3 rings (SSSR count). The number of rotatable bonds is 4. The summed E-state index contributed by atoms with van der Waals surface area (Å²) < 4.78 is 15.4. The van der Waals surface area contributed by atoms with Gasteiger partial charge >= 0.3 is 0 Å². The largest absolute Gasteiger partial charge is 0.320 e. The summed E-state index contributed by atoms with van der Waals surface area (Å²) in [4.78, 5) is 26.2. The Morgan fingerprint density at radius 2 is 2.16 bits per heavy atom. The van der Waals surface area contributed by atoms with Crippen LogP contribution in [0.2, 0.25) is 5.15 Å². The quantitative estimate of drug-likeness (QED) is 0.436. The van der Waals surface area contributed by atoms with E-state index < -0.39 is 16.6 Å². The minimum Gasteiger partial charge on any atom is -0.320 e. The molecule has 1 aromatic carbocycles. The number of hydrogen-bond acceptors (Lipinski definition) is 4. The van der Waals surface area contributed by atoms with Crippen LogP contribution in [-0.2, 0) is 4.79 Å². The molecule has 1 amide bonds. The highest BCUT2D eigenvalue weighted by Gasteiger charge is 2.12. The van der Waals surface area contributed by atoms with E-state index in [1.807, 2.05) is 0 Å². The number of fused-ring (bicyclic) bond motifs is 1. The van der Waals surface area contributed by atoms with Crippen LogP contribution in [0.4, 0.5) is 15.8 Å². The Bertz CT molecular complexity index is 1020. The van der Waals surface area contributed by atoms with Gasteiger partial charge in [-0.2, -0.15) is 0 Å². The lowest BCUT2D eigenvalue weighted by molar-refractivity contribution is -0.384. The topological polar surface area (TPSA) is 89.5 Å². The third-order valence-corrected chi connectivity index (χ3v) is 3.61. The van der Waals surface area contributed by atoms with E-state index in [4.69, 9.17) is 11.6 Å². The predicted molar refractivity (Wildman–Crippen MR) is 90.9 cm³/mol. The van der Waals surface area contributed by atoms with Crippen LogP contribution < -0.4 is 5.32 Å². The van der Waals surface area contributed by atoms with Crippen LogP contribution in [0.5, 0.6) is 0 Å². The summed E-state index contributed by atoms with van der Waals surface area (Å²) in [5, 5.41) is 13.2. The van der Waals surface area contributed by atoms with Crippen molar-refractivity contribution in [2.24, 2.45) is 0 Å². The minimum absolute atomic E-state index is 0.205. The maximum atomic E-state index is 13.7. The molecule has 2 heterocycles. The zero-order valence-electron chi connectivity index (χ0n) is 12.5. The van der Waals surface area contributed by atoms with Gasteiger partial charge in [0.05, 0.1) is 16.3 Å². The van der Waals surface area contributed by atoms with Gasteiger partial charge in [0.25, 0.3) is 5.69 Å². The van der Waals surface area contributed by atoms with Gasteiger partial charge in [-0.15, -0.1) is 0 Å². The monoisotopic (exact) mass is 360 g/mol. The van der Waals surface area contributed by atoms with Crippen molar-refractivity contribution in [3.8, 4) is 0 Å². The first-order valence-corrected chi connectivity index (χ1v) is 7.39. The van der Waals surface area contributed by atoms with E-state index in [1.54, 1.807) is 28.8 Å². The first-order chi connectivity index (χ1) is 12.0. The zero-order chi connectivity index (χ0) is 18.0. The number of hydrogen-bond donors (Lipinski definition) is 1. The lowest BCUT2D eigenvalue weighted by Crippen LogP contribution is -2.09. The Morgan fingerprint density at radius 1 is 1.36 bits per heavy atom. The van der Waals surface area contributed by atoms with Crippen molar-refractivity contribution in [3.05, 3.63) is 75.4 Å². The second-order valence-corrected chi connectivity index (χ2v) is 5.32. The molecule has 3 aromatic rings. The van der Waals surface area contributed by atoms with Crippen LogP contribution in [0.3, 0.4) is 0 Å². The van der Waals surface area contributed by atoms with Gasteiger partial charge in [-0.1, -0.05) is 17.7 Å². The number of non-ortho nitro benzene ring substituents is 1. The maximum Gasteiger partial charge on any atom is 0.271 e. The molecule has 9 heteroatoms. The Kier molecular flexibility index (Phi) is 4.44. The SMILES string of the molecule is O=C(/C=C/c1c(Cl)nc2ccccn12)Nc1cc([N+](=O)[O-])ccc1F. The third kappa shape index (κ3) is 3.48. The standard InChI is InChI=1S/C16H10ClFN4O3/c17-16-13(21-8-2-1-3-14(21)20-16)6-7-15(23)19-12-9-10(22(24)25)4-5-11(12)18/h1-9H,(H,19,23)/b7-6+. The average Bonchev–Trinajstić information content (AvgIpc) is 2.90. The lowest BCUT2D eigenvalue weighted by Gasteiger charge is -2.03. The van der Waals surface area contributed by atoms with Gasteiger partial charge in [-0.25, -0.2) is 9.37 Å². The summed E-state index contributed by atoms with van der Waals surface area (Å²) >= 11 is 6.04. The maximum absolute atomic E-state index is 13.7. The molecule has 0 aliphatic rings. The van der Waals surface area contributed by atoms with Gasteiger partial charge in [-0.05, 0) is 24.3 Å². The van der Waals surface area contributed by atoms with E-state index in [9.17, 15) is 19.3 Å². The lowest BCUT2D eigenvalue weighted by atomic mass is 10.2. The highest BCUT2D eigenvalue weighted by Crippen LogP contribution is 2.22. The molecular weight excluding hydrogens is 351 g/mol. The summed E-state index contributed by atoms with van der Waals surface area (Å²) in [7, 11) is 0. The van der Waals surface area contributed by atoms with E-state index >= 15 is 0 Å². The fourth-order valence-corrected chi connectivity index (χ4v) is 2.43. The molecule has 0 bridgehead atoms. The van der Waals surface area contributed by atoms with Gasteiger partial charge in [0.1, 0.15) is 11.5 Å². The fourth-order valence-electron chi connectivity index (χ4n) is 2.19. The molecule has 25 heavy (non-hydrogen) atoms. The van der Waals surface area contributed by atoms with Crippen molar-refractivity contribution < 1.29 is 14.1 Å². The van der Waals surface area contributed by atoms with E-state index in [0.717, 1.165) is 24.3 Å². The highest BCUT2D eigenvalue weighted by atomic mass is 35.5. The Hall–Kier alpha value is -3.26. The number of aromatic nitrogens is 2. The smallest absolute Gasteiger partial charge is 0.271 e. The van der Waals surface area contributed by atoms with Gasteiger partial charge in [0.2, 0.25) is 5.91 Å². The zero-order valence-corrected chi connectivity index (χ0v) is 13.3. The average molecular weight is 361 g/mol. The van der Waals surface area contributed by atoms with Gasteiger partial charge in [0.15, 0.2) is 5.15 Å². The van der Waals surface area contributed by atoms with Crippen LogP contribution in [0.1, 0.15) is 5.69 Å². The molecule has 0 saturated heterocycles. The Labute approximate surface area is 145 Å². The van der Waals surface area contributed by atoms with Crippen LogP contribution in [0.25, 0.3) is 11.7 Å². The molecule has 7 nitrogen and oxygen atoms in total. The fraction of sp³-hybridized carbons (Fsp3) is 0. The van der Waals surface area contributed by atoms with E-state index in [1.165, 1.54) is 6.08 Å². The van der Waals surface area contributed by atoms with Crippen molar-refractivity contribution in [1.82, 2.24) is 9.38 Å². The minimum atomic E-state index is -0.778. The van der Waals surface area contributed by atoms with Crippen LogP contribution in [0, 0.1) is 15.9 Å². The van der Waals surface area contributed by atoms with Gasteiger partial charge < -0.3 is 5.32 Å². The number of nitrogens with zero attached hydrogens (tertiary/aromatic N) is 3. The summed E-state index contributed by atoms with van der Waals surface area (Å²) in [5.41, 5.74) is 0.475. The Morgan fingerprint density at radius 3 is 2.92 bits per heavy atom. The predicted octanol–water partition coefficient (Wildman–Crippen LogP) is 3.69. The van der Waals surface area contributed by atoms with Crippen molar-refractivity contribution in [2.75, 3.05) is 5.32 Å². The molecular formula is C16H10ClFN4O3. The molecule has 0 aliphatic heterocycles. The number of carbonyl (C=O) groups excluding carboxylic acids is 1. The summed E-state index contributed by atoms with van der Waals surface area (Å²) in [6.45, 7) is 0. The summed E-state index contributed by atoms with van der Waals surface area (Å²) in [6.07, 6.45) is 4.29. The van der Waals surface area contributed by atoms with E-state index in [2.05, 4.69) is 10.3 Å². The normalized spacial score (nSPS) is 11.1. The number of benzene rings is 1. The molecule has 0 saturated carbocycles. The van der Waals surface area contributed by atoms with Crippen molar-refractivity contribution in [1.29, 1.82) is 0 Å². The number of halogens is 2. The number of amides is 1. The first-order valence-electron chi connectivity index (χ1n) is 7.01. The van der Waals surface area contributed by atoms with Crippen LogP contribution >= 0.6 is 11.6 Å². The molecule has 0 aliphatic carbocycles. The van der Waals surface area contributed by atoms with Crippen molar-refractivity contribution in [2.45, 2.75) is 0 Å². The van der Waals surface area contributed by atoms with Crippen LogP contribution in [-0.4, -0.2) is 20.2 Å². The summed E-state index contributed by atoms with van der Waals surface area (Å²) in [5.74, 6) is -1.44. The molecule has 2 aromatic heterocycles. The highest BCUT2D eigenvalue weighted by molar-refractivity contribution is 6.31. The molecule has 1 N–H and O–H groups in total. The molecule has 0 atom stereocenters. The summed E-state index contributed by atoms with van der Waals surface area (Å²) in [6, 6.07) is 8.20. The van der Waals surface area contributed by atoms with E-state index in [-0.39, 0.29) is 16.5 Å². The number of nitro groups is 1. The second kappa shape index (κ2) is 6.70. The molecule has 0 spiro atoms. The molecule has 0 unspecified atom stereocenters. The Balaban J connectivity index is 1.83. The number of imidazole rings is 1. The number of anilines is 1. The van der Waals surface area contributed by atoms with Crippen LogP contribution in [0.15, 0.2) is 48.7 Å². The van der Waals surface area contributed by atoms with Crippen molar-refractivity contribution in [3.63, 3.8) is 0 Å². The number of pyridine rings is 1. The van der Waals surface area contributed by atoms with Gasteiger partial charge in [-0.3, -0.25) is 19.3 Å².